The minimum absolute atomic E-state index is 0.0374. The van der Waals surface area contributed by atoms with Crippen LogP contribution >= 0.6 is 0 Å². The van der Waals surface area contributed by atoms with Gasteiger partial charge in [0.05, 0.1) is 6.04 Å². The maximum atomic E-state index is 13.8. The van der Waals surface area contributed by atoms with Gasteiger partial charge in [0.25, 0.3) is 0 Å². The second-order valence-corrected chi connectivity index (χ2v) is 11.5. The van der Waals surface area contributed by atoms with Crippen LogP contribution in [0.25, 0.3) is 0 Å². The number of hydrogen-bond acceptors (Lipinski definition) is 2. The number of likely N-dealkylation sites (tertiary alicyclic amines) is 1. The third kappa shape index (κ3) is 4.77. The van der Waals surface area contributed by atoms with Gasteiger partial charge >= 0.3 is 0 Å². The van der Waals surface area contributed by atoms with Gasteiger partial charge in [-0.2, -0.15) is 0 Å². The van der Waals surface area contributed by atoms with Crippen molar-refractivity contribution in [2.24, 2.45) is 17.8 Å². The highest BCUT2D eigenvalue weighted by Crippen LogP contribution is 2.47. The summed E-state index contributed by atoms with van der Waals surface area (Å²) in [7, 11) is 2.10. The van der Waals surface area contributed by atoms with Crippen LogP contribution in [0.2, 0.25) is 0 Å². The first-order chi connectivity index (χ1) is 13.2. The molecule has 0 spiro atoms. The molecular weight excluding hydrogens is 344 g/mol. The van der Waals surface area contributed by atoms with Crippen molar-refractivity contribution in [1.82, 2.24) is 9.80 Å². The lowest BCUT2D eigenvalue weighted by molar-refractivity contribution is -0.152. The number of carbonyl (C=O) groups excluding carboxylic acids is 1. The molecule has 0 aromatic carbocycles. The van der Waals surface area contributed by atoms with Crippen LogP contribution in [0.3, 0.4) is 0 Å². The van der Waals surface area contributed by atoms with Crippen LogP contribution in [0.1, 0.15) is 105 Å². The molecule has 0 radical (unpaired) electrons. The summed E-state index contributed by atoms with van der Waals surface area (Å²) in [5.74, 6) is 2.64. The molecule has 0 aromatic heterocycles. The molecule has 3 heteroatoms. The van der Waals surface area contributed by atoms with Gasteiger partial charge in [0.15, 0.2) is 0 Å². The Morgan fingerprint density at radius 1 is 1.00 bits per heavy atom. The van der Waals surface area contributed by atoms with Crippen molar-refractivity contribution in [2.75, 3.05) is 7.05 Å². The molecule has 2 aliphatic carbocycles. The molecule has 3 fully saturated rings. The number of nitrogens with zero attached hydrogens (tertiary/aromatic N) is 2. The Hall–Kier alpha value is -0.570. The quantitative estimate of drug-likeness (QED) is 0.599. The molecule has 3 nitrogen and oxygen atoms in total. The zero-order valence-corrected chi connectivity index (χ0v) is 19.5. The SMILES string of the molecule is CC(C)CC1C2CCCCC2CC(C(=O)N(C)C2CCCCC2)N1C(C)(C)C. The van der Waals surface area contributed by atoms with E-state index in [0.717, 1.165) is 18.3 Å². The molecule has 1 heterocycles. The lowest BCUT2D eigenvalue weighted by Crippen LogP contribution is -2.66. The largest absolute Gasteiger partial charge is 0.341 e. The maximum absolute atomic E-state index is 13.8. The molecule has 28 heavy (non-hydrogen) atoms. The van der Waals surface area contributed by atoms with Gasteiger partial charge in [-0.15, -0.1) is 0 Å². The number of carbonyl (C=O) groups is 1. The van der Waals surface area contributed by atoms with E-state index in [1.165, 1.54) is 64.2 Å². The number of likely N-dealkylation sites (N-methyl/N-ethyl adjacent to an activating group) is 1. The number of rotatable bonds is 4. The Morgan fingerprint density at radius 2 is 1.61 bits per heavy atom. The molecule has 1 amide bonds. The molecule has 2 saturated carbocycles. The monoisotopic (exact) mass is 390 g/mol. The van der Waals surface area contributed by atoms with E-state index in [1.54, 1.807) is 0 Å². The zero-order valence-electron chi connectivity index (χ0n) is 19.5. The van der Waals surface area contributed by atoms with Crippen molar-refractivity contribution in [3.63, 3.8) is 0 Å². The average molecular weight is 391 g/mol. The highest BCUT2D eigenvalue weighted by molar-refractivity contribution is 5.82. The Labute approximate surface area is 174 Å². The summed E-state index contributed by atoms with van der Waals surface area (Å²) in [6, 6.07) is 1.11. The second kappa shape index (κ2) is 9.06. The molecule has 1 saturated heterocycles. The van der Waals surface area contributed by atoms with Crippen LogP contribution in [-0.4, -0.2) is 46.4 Å². The Kier molecular flexibility index (Phi) is 7.16. The van der Waals surface area contributed by atoms with Crippen LogP contribution in [0, 0.1) is 17.8 Å². The molecule has 0 bridgehead atoms. The van der Waals surface area contributed by atoms with Gasteiger partial charge in [0, 0.05) is 24.7 Å². The summed E-state index contributed by atoms with van der Waals surface area (Å²) in [5, 5.41) is 0. The highest BCUT2D eigenvalue weighted by Gasteiger charge is 2.50. The summed E-state index contributed by atoms with van der Waals surface area (Å²) in [4.78, 5) is 18.7. The van der Waals surface area contributed by atoms with Crippen molar-refractivity contribution in [1.29, 1.82) is 0 Å². The average Bonchev–Trinajstić information content (AvgIpc) is 2.65. The molecule has 3 rings (SSSR count). The summed E-state index contributed by atoms with van der Waals surface area (Å²) in [6.45, 7) is 11.7. The van der Waals surface area contributed by atoms with Crippen molar-refractivity contribution >= 4 is 5.91 Å². The molecule has 0 aromatic rings. The summed E-state index contributed by atoms with van der Waals surface area (Å²) >= 11 is 0. The smallest absolute Gasteiger partial charge is 0.239 e. The van der Waals surface area contributed by atoms with E-state index in [0.29, 0.717) is 23.9 Å². The van der Waals surface area contributed by atoms with Crippen molar-refractivity contribution in [3.8, 4) is 0 Å². The molecule has 0 N–H and O–H groups in total. The molecule has 4 unspecified atom stereocenters. The lowest BCUT2D eigenvalue weighted by Gasteiger charge is -2.57. The van der Waals surface area contributed by atoms with Crippen LogP contribution in [-0.2, 0) is 4.79 Å². The number of piperidine rings is 1. The molecule has 4 atom stereocenters. The highest BCUT2D eigenvalue weighted by atomic mass is 16.2. The third-order valence-corrected chi connectivity index (χ3v) is 7.92. The van der Waals surface area contributed by atoms with E-state index in [4.69, 9.17) is 0 Å². The minimum atomic E-state index is 0.0374. The summed E-state index contributed by atoms with van der Waals surface area (Å²) in [6.07, 6.45) is 14.1. The molecule has 3 aliphatic rings. The van der Waals surface area contributed by atoms with E-state index in [2.05, 4.69) is 51.5 Å². The molecule has 162 valence electrons. The zero-order chi connectivity index (χ0) is 20.5. The van der Waals surface area contributed by atoms with E-state index in [-0.39, 0.29) is 11.6 Å². The first-order valence-corrected chi connectivity index (χ1v) is 12.2. The van der Waals surface area contributed by atoms with Gasteiger partial charge in [-0.25, -0.2) is 0 Å². The maximum Gasteiger partial charge on any atom is 0.239 e. The molecular formula is C25H46N2O. The normalized spacial score (nSPS) is 33.0. The lowest BCUT2D eigenvalue weighted by atomic mass is 9.66. The first-order valence-electron chi connectivity index (χ1n) is 12.2. The third-order valence-electron chi connectivity index (χ3n) is 7.92. The molecule has 1 aliphatic heterocycles. The van der Waals surface area contributed by atoms with Crippen LogP contribution < -0.4 is 0 Å². The fourth-order valence-electron chi connectivity index (χ4n) is 6.71. The number of fused-ring (bicyclic) bond motifs is 1. The second-order valence-electron chi connectivity index (χ2n) is 11.5. The standard InChI is InChI=1S/C25H46N2O/c1-18(2)16-22-21-15-11-10-12-19(21)17-23(27(22)25(3,4)5)24(28)26(6)20-13-8-7-9-14-20/h18-23H,7-17H2,1-6H3. The van der Waals surface area contributed by atoms with Crippen LogP contribution in [0.15, 0.2) is 0 Å². The Bertz CT molecular complexity index is 517. The van der Waals surface area contributed by atoms with Crippen molar-refractivity contribution < 1.29 is 4.79 Å². The fourth-order valence-corrected chi connectivity index (χ4v) is 6.71. The van der Waals surface area contributed by atoms with E-state index in [9.17, 15) is 4.79 Å². The summed E-state index contributed by atoms with van der Waals surface area (Å²) < 4.78 is 0. The van der Waals surface area contributed by atoms with E-state index in [1.807, 2.05) is 0 Å². The van der Waals surface area contributed by atoms with Crippen LogP contribution in [0.5, 0.6) is 0 Å². The van der Waals surface area contributed by atoms with Gasteiger partial charge < -0.3 is 4.90 Å². The van der Waals surface area contributed by atoms with Gasteiger partial charge in [-0.3, -0.25) is 9.69 Å². The Morgan fingerprint density at radius 3 is 2.21 bits per heavy atom. The predicted molar refractivity (Wildman–Crippen MR) is 118 cm³/mol. The van der Waals surface area contributed by atoms with Crippen molar-refractivity contribution in [2.45, 2.75) is 129 Å². The number of hydrogen-bond donors (Lipinski definition) is 0. The van der Waals surface area contributed by atoms with Gasteiger partial charge in [0.2, 0.25) is 5.91 Å². The number of amides is 1. The van der Waals surface area contributed by atoms with Crippen LogP contribution in [0.4, 0.5) is 0 Å². The minimum Gasteiger partial charge on any atom is -0.341 e. The topological polar surface area (TPSA) is 23.6 Å². The van der Waals surface area contributed by atoms with Gasteiger partial charge in [-0.05, 0) is 70.6 Å². The predicted octanol–water partition coefficient (Wildman–Crippen LogP) is 5.87. The van der Waals surface area contributed by atoms with Crippen molar-refractivity contribution in [3.05, 3.63) is 0 Å². The first kappa shape index (κ1) is 22.1. The van der Waals surface area contributed by atoms with Gasteiger partial charge in [-0.1, -0.05) is 52.4 Å². The fraction of sp³-hybridized carbons (Fsp3) is 0.960. The van der Waals surface area contributed by atoms with Gasteiger partial charge in [0.1, 0.15) is 0 Å². The van der Waals surface area contributed by atoms with E-state index >= 15 is 0 Å². The summed E-state index contributed by atoms with van der Waals surface area (Å²) in [5.41, 5.74) is 0.0374. The Balaban J connectivity index is 1.88. The van der Waals surface area contributed by atoms with E-state index < -0.39 is 0 Å².